The van der Waals surface area contributed by atoms with Crippen LogP contribution < -0.4 is 16.0 Å². The number of aryl methyl sites for hydroxylation is 1. The molecule has 2 aliphatic rings. The summed E-state index contributed by atoms with van der Waals surface area (Å²) in [6.45, 7) is 1.40. The van der Waals surface area contributed by atoms with Crippen LogP contribution in [0.25, 0.3) is 0 Å². The van der Waals surface area contributed by atoms with Gasteiger partial charge in [0.15, 0.2) is 5.69 Å². The molecule has 1 aliphatic carbocycles. The van der Waals surface area contributed by atoms with E-state index in [1.807, 2.05) is 6.07 Å². The third-order valence-electron chi connectivity index (χ3n) is 6.34. The van der Waals surface area contributed by atoms with Crippen LogP contribution in [-0.2, 0) is 14.4 Å². The molecular formula is C25H28N6O5. The molecule has 1 aromatic carbocycles. The van der Waals surface area contributed by atoms with Gasteiger partial charge >= 0.3 is 0 Å². The van der Waals surface area contributed by atoms with Gasteiger partial charge in [0.25, 0.3) is 5.91 Å². The molecule has 1 saturated heterocycles. The summed E-state index contributed by atoms with van der Waals surface area (Å²) in [4.78, 5) is 52.2. The van der Waals surface area contributed by atoms with Crippen molar-refractivity contribution >= 4 is 29.3 Å². The third-order valence-corrected chi connectivity index (χ3v) is 6.34. The number of anilines is 1. The number of likely N-dealkylation sites (tertiary alicyclic amines) is 1. The number of rotatable bonds is 9. The van der Waals surface area contributed by atoms with Crippen LogP contribution in [-0.4, -0.2) is 58.9 Å². The lowest BCUT2D eigenvalue weighted by Crippen LogP contribution is -2.50. The Kier molecular flexibility index (Phi) is 7.63. The minimum atomic E-state index is -0.829. The smallest absolute Gasteiger partial charge is 0.274 e. The first-order valence-electron chi connectivity index (χ1n) is 11.9. The molecule has 1 aromatic heterocycles. The second-order valence-corrected chi connectivity index (χ2v) is 9.22. The van der Waals surface area contributed by atoms with Crippen molar-refractivity contribution in [2.45, 2.75) is 44.7 Å². The van der Waals surface area contributed by atoms with Gasteiger partial charge in [-0.1, -0.05) is 36.2 Å². The van der Waals surface area contributed by atoms with Crippen LogP contribution in [0.4, 0.5) is 5.69 Å². The normalized spacial score (nSPS) is 19.7. The topological polar surface area (TPSA) is 157 Å². The van der Waals surface area contributed by atoms with Crippen LogP contribution in [0.5, 0.6) is 0 Å². The van der Waals surface area contributed by atoms with Gasteiger partial charge in [0.05, 0.1) is 18.5 Å². The molecule has 1 saturated carbocycles. The van der Waals surface area contributed by atoms with Crippen molar-refractivity contribution < 1.29 is 23.7 Å². The Morgan fingerprint density at radius 2 is 1.97 bits per heavy atom. The van der Waals surface area contributed by atoms with Gasteiger partial charge in [-0.15, -0.1) is 0 Å². The molecule has 36 heavy (non-hydrogen) atoms. The lowest BCUT2D eigenvalue weighted by atomic mass is 10.1. The number of amides is 4. The molecule has 2 aromatic rings. The number of benzene rings is 1. The lowest BCUT2D eigenvalue weighted by molar-refractivity contribution is -0.133. The van der Waals surface area contributed by atoms with Crippen LogP contribution >= 0.6 is 0 Å². The summed E-state index contributed by atoms with van der Waals surface area (Å²) in [5.41, 5.74) is 0.712. The van der Waals surface area contributed by atoms with E-state index in [0.29, 0.717) is 23.8 Å². The zero-order chi connectivity index (χ0) is 25.7. The Morgan fingerprint density at radius 1 is 1.22 bits per heavy atom. The largest absolute Gasteiger partial charge is 0.361 e. The van der Waals surface area contributed by atoms with Crippen LogP contribution in [0.3, 0.4) is 0 Å². The lowest BCUT2D eigenvalue weighted by Gasteiger charge is -2.22. The average molecular weight is 493 g/mol. The molecule has 2 fully saturated rings. The maximum absolute atomic E-state index is 12.9. The van der Waals surface area contributed by atoms with E-state index in [0.717, 1.165) is 12.8 Å². The Balaban J connectivity index is 1.32. The quantitative estimate of drug-likeness (QED) is 0.477. The molecule has 4 amide bonds. The Morgan fingerprint density at radius 3 is 2.61 bits per heavy atom. The van der Waals surface area contributed by atoms with Crippen molar-refractivity contribution in [3.63, 3.8) is 0 Å². The van der Waals surface area contributed by atoms with Crippen LogP contribution in [0, 0.1) is 30.1 Å². The Labute approximate surface area is 208 Å². The van der Waals surface area contributed by atoms with Crippen molar-refractivity contribution in [2.24, 2.45) is 11.8 Å². The van der Waals surface area contributed by atoms with Gasteiger partial charge in [-0.05, 0) is 37.8 Å². The second kappa shape index (κ2) is 11.0. The third kappa shape index (κ3) is 6.27. The van der Waals surface area contributed by atoms with Crippen LogP contribution in [0.1, 0.15) is 41.9 Å². The summed E-state index contributed by atoms with van der Waals surface area (Å²) < 4.78 is 4.92. The van der Waals surface area contributed by atoms with Gasteiger partial charge in [0.2, 0.25) is 17.7 Å². The van der Waals surface area contributed by atoms with E-state index in [1.54, 1.807) is 31.2 Å². The highest BCUT2D eigenvalue weighted by molar-refractivity contribution is 5.97. The predicted molar refractivity (Wildman–Crippen MR) is 127 cm³/mol. The highest BCUT2D eigenvalue weighted by atomic mass is 16.5. The molecule has 11 heteroatoms. The number of hydrogen-bond donors (Lipinski definition) is 3. The van der Waals surface area contributed by atoms with E-state index < -0.39 is 35.7 Å². The highest BCUT2D eigenvalue weighted by Gasteiger charge is 2.39. The van der Waals surface area contributed by atoms with Gasteiger partial charge in [0, 0.05) is 18.3 Å². The van der Waals surface area contributed by atoms with E-state index in [-0.39, 0.29) is 31.1 Å². The zero-order valence-corrected chi connectivity index (χ0v) is 19.9. The summed E-state index contributed by atoms with van der Waals surface area (Å²) in [5.74, 6) is -1.49. The highest BCUT2D eigenvalue weighted by Crippen LogP contribution is 2.33. The molecule has 3 unspecified atom stereocenters. The van der Waals surface area contributed by atoms with E-state index in [9.17, 15) is 24.4 Å². The first-order valence-corrected chi connectivity index (χ1v) is 11.9. The van der Waals surface area contributed by atoms with Crippen molar-refractivity contribution in [2.75, 3.05) is 18.4 Å². The van der Waals surface area contributed by atoms with E-state index in [1.165, 1.54) is 11.0 Å². The predicted octanol–water partition coefficient (Wildman–Crippen LogP) is 1.38. The number of para-hydroxylation sites is 1. The number of nitriles is 1. The Hall–Kier alpha value is -4.20. The van der Waals surface area contributed by atoms with Gasteiger partial charge in [0.1, 0.15) is 17.8 Å². The van der Waals surface area contributed by atoms with E-state index >= 15 is 0 Å². The maximum atomic E-state index is 12.9. The van der Waals surface area contributed by atoms with Crippen molar-refractivity contribution in [1.29, 1.82) is 5.26 Å². The molecule has 188 valence electrons. The molecule has 3 N–H and O–H groups in total. The molecule has 3 atom stereocenters. The number of hydrogen-bond acceptors (Lipinski definition) is 7. The fourth-order valence-corrected chi connectivity index (χ4v) is 4.20. The molecule has 2 heterocycles. The average Bonchev–Trinajstić information content (AvgIpc) is 3.40. The number of carbonyl (C=O) groups is 4. The summed E-state index contributed by atoms with van der Waals surface area (Å²) >= 11 is 0. The summed E-state index contributed by atoms with van der Waals surface area (Å²) in [6, 6.07) is 10.9. The Bertz CT molecular complexity index is 1170. The summed E-state index contributed by atoms with van der Waals surface area (Å²) in [6.07, 6.45) is 2.62. The van der Waals surface area contributed by atoms with Crippen molar-refractivity contribution in [3.05, 3.63) is 47.9 Å². The molecule has 0 radical (unpaired) electrons. The van der Waals surface area contributed by atoms with Gasteiger partial charge < -0.3 is 25.4 Å². The van der Waals surface area contributed by atoms with Crippen LogP contribution in [0.2, 0.25) is 0 Å². The van der Waals surface area contributed by atoms with Crippen LogP contribution in [0.15, 0.2) is 40.9 Å². The number of nitrogens with zero attached hydrogens (tertiary/aromatic N) is 3. The van der Waals surface area contributed by atoms with Gasteiger partial charge in [-0.3, -0.25) is 19.2 Å². The first-order chi connectivity index (χ1) is 17.3. The molecule has 0 spiro atoms. The number of aromatic nitrogens is 1. The monoisotopic (exact) mass is 492 g/mol. The second-order valence-electron chi connectivity index (χ2n) is 9.22. The summed E-state index contributed by atoms with van der Waals surface area (Å²) in [7, 11) is 0. The fourth-order valence-electron chi connectivity index (χ4n) is 4.20. The zero-order valence-electron chi connectivity index (χ0n) is 19.9. The van der Waals surface area contributed by atoms with Gasteiger partial charge in [-0.25, -0.2) is 0 Å². The molecule has 1 aliphatic heterocycles. The molecule has 4 rings (SSSR count). The molecule has 11 nitrogen and oxygen atoms in total. The maximum Gasteiger partial charge on any atom is 0.274 e. The fraction of sp³-hybridized carbons (Fsp3) is 0.440. The van der Waals surface area contributed by atoms with Gasteiger partial charge in [-0.2, -0.15) is 5.26 Å². The molecule has 0 bridgehead atoms. The molecular weight excluding hydrogens is 464 g/mol. The number of carbonyl (C=O) groups excluding carboxylic acids is 4. The summed E-state index contributed by atoms with van der Waals surface area (Å²) in [5, 5.41) is 21.3. The van der Waals surface area contributed by atoms with E-state index in [2.05, 4.69) is 27.2 Å². The minimum Gasteiger partial charge on any atom is -0.361 e. The standard InChI is InChI=1S/C25H28N6O5/c1-15-9-21(30-36-15)25(35)29-20(10-16-7-8-16)24(34)27-13-22(32)31-14-17(11-19(31)12-26)23(33)28-18-5-3-2-4-6-18/h2-6,9,16-17,19-20H,7-8,10-11,13-14H2,1H3,(H,27,34)(H,28,33)(H,29,35). The number of nitrogens with one attached hydrogen (secondary N) is 3. The van der Waals surface area contributed by atoms with E-state index in [4.69, 9.17) is 4.52 Å². The first kappa shape index (κ1) is 24.9. The van der Waals surface area contributed by atoms with Crippen molar-refractivity contribution in [3.8, 4) is 6.07 Å². The SMILES string of the molecule is Cc1cc(C(=O)NC(CC2CC2)C(=O)NCC(=O)N2CC(C(=O)Nc3ccccc3)CC2C#N)no1. The minimum absolute atomic E-state index is 0.0749. The van der Waals surface area contributed by atoms with Crippen molar-refractivity contribution in [1.82, 2.24) is 20.7 Å².